The number of halogens is 2. The van der Waals surface area contributed by atoms with E-state index in [2.05, 4.69) is 4.90 Å². The molecule has 1 saturated heterocycles. The van der Waals surface area contributed by atoms with Crippen molar-refractivity contribution in [1.82, 2.24) is 4.90 Å². The van der Waals surface area contributed by atoms with Crippen molar-refractivity contribution < 1.29 is 19.4 Å². The third kappa shape index (κ3) is 5.85. The zero-order chi connectivity index (χ0) is 19.9. The Morgan fingerprint density at radius 2 is 1.89 bits per heavy atom. The second kappa shape index (κ2) is 10.1. The molecule has 2 aromatic carbocycles. The topological polar surface area (TPSA) is 59.0 Å². The lowest BCUT2D eigenvalue weighted by molar-refractivity contribution is -0.137. The van der Waals surface area contributed by atoms with E-state index >= 15 is 0 Å². The number of aliphatic carboxylic acids is 1. The molecule has 0 radical (unpaired) electrons. The highest BCUT2D eigenvalue weighted by Gasteiger charge is 2.21. The predicted octanol–water partition coefficient (Wildman–Crippen LogP) is 4.81. The van der Waals surface area contributed by atoms with Crippen LogP contribution in [0.3, 0.4) is 0 Å². The largest absolute Gasteiger partial charge is 0.489 e. The molecule has 150 valence electrons. The van der Waals surface area contributed by atoms with E-state index < -0.39 is 5.97 Å². The Morgan fingerprint density at radius 1 is 1.18 bits per heavy atom. The van der Waals surface area contributed by atoms with E-state index in [1.54, 1.807) is 18.2 Å². The van der Waals surface area contributed by atoms with Gasteiger partial charge in [-0.2, -0.15) is 0 Å². The Bertz CT molecular complexity index is 777. The molecule has 5 nitrogen and oxygen atoms in total. The molecule has 0 spiro atoms. The van der Waals surface area contributed by atoms with E-state index in [1.807, 2.05) is 24.3 Å². The molecule has 1 aliphatic heterocycles. The fraction of sp³-hybridized carbons (Fsp3) is 0.381. The molecule has 1 N–H and O–H groups in total. The molecule has 7 heteroatoms. The van der Waals surface area contributed by atoms with Gasteiger partial charge in [-0.05, 0) is 42.8 Å². The first-order valence-electron chi connectivity index (χ1n) is 9.24. The number of hydrogen-bond donors (Lipinski definition) is 1. The van der Waals surface area contributed by atoms with Crippen molar-refractivity contribution in [2.75, 3.05) is 26.2 Å². The Kier molecular flexibility index (Phi) is 7.57. The summed E-state index contributed by atoms with van der Waals surface area (Å²) in [6.07, 6.45) is 0.828. The summed E-state index contributed by atoms with van der Waals surface area (Å²) >= 11 is 12.3. The first kappa shape index (κ1) is 20.9. The molecule has 1 atom stereocenters. The third-order valence-electron chi connectivity index (χ3n) is 4.71. The number of nitrogens with zero attached hydrogens (tertiary/aromatic N) is 1. The number of hydrogen-bond acceptors (Lipinski definition) is 4. The van der Waals surface area contributed by atoms with Crippen LogP contribution in [-0.4, -0.2) is 42.2 Å². The van der Waals surface area contributed by atoms with Crippen molar-refractivity contribution in [2.24, 2.45) is 0 Å². The van der Waals surface area contributed by atoms with Crippen LogP contribution < -0.4 is 4.74 Å². The average Bonchev–Trinajstić information content (AvgIpc) is 2.68. The zero-order valence-electron chi connectivity index (χ0n) is 15.4. The number of benzene rings is 2. The van der Waals surface area contributed by atoms with Gasteiger partial charge in [-0.3, -0.25) is 9.69 Å². The van der Waals surface area contributed by atoms with Crippen LogP contribution in [0.25, 0.3) is 0 Å². The molecule has 1 heterocycles. The number of morpholine rings is 1. The molecule has 0 amide bonds. The van der Waals surface area contributed by atoms with Crippen LogP contribution in [0, 0.1) is 0 Å². The predicted molar refractivity (Wildman–Crippen MR) is 109 cm³/mol. The normalized spacial score (nSPS) is 17.4. The van der Waals surface area contributed by atoms with Crippen molar-refractivity contribution >= 4 is 29.2 Å². The van der Waals surface area contributed by atoms with Crippen molar-refractivity contribution in [1.29, 1.82) is 0 Å². The Morgan fingerprint density at radius 3 is 2.57 bits per heavy atom. The van der Waals surface area contributed by atoms with Gasteiger partial charge in [-0.1, -0.05) is 41.4 Å². The lowest BCUT2D eigenvalue weighted by atomic mass is 10.1. The molecule has 0 bridgehead atoms. The zero-order valence-corrected chi connectivity index (χ0v) is 17.0. The van der Waals surface area contributed by atoms with Crippen LogP contribution in [0.5, 0.6) is 5.75 Å². The smallest absolute Gasteiger partial charge is 0.303 e. The average molecular weight is 424 g/mol. The summed E-state index contributed by atoms with van der Waals surface area (Å²) < 4.78 is 11.7. The van der Waals surface area contributed by atoms with Crippen LogP contribution in [-0.2, 0) is 16.1 Å². The monoisotopic (exact) mass is 423 g/mol. The van der Waals surface area contributed by atoms with Gasteiger partial charge < -0.3 is 14.6 Å². The van der Waals surface area contributed by atoms with Gasteiger partial charge in [0.05, 0.1) is 12.7 Å². The van der Waals surface area contributed by atoms with Gasteiger partial charge in [0.2, 0.25) is 0 Å². The SMILES string of the molecule is O=C(O)CCCN1CCOC(c2ccc(OCc3c(Cl)cccc3Cl)cc2)C1. The van der Waals surface area contributed by atoms with Gasteiger partial charge in [0.1, 0.15) is 12.4 Å². The maximum absolute atomic E-state index is 10.7. The molecule has 3 rings (SSSR count). The summed E-state index contributed by atoms with van der Waals surface area (Å²) in [6.45, 7) is 3.30. The van der Waals surface area contributed by atoms with E-state index in [0.29, 0.717) is 29.7 Å². The molecular weight excluding hydrogens is 401 g/mol. The summed E-state index contributed by atoms with van der Waals surface area (Å²) in [5, 5.41) is 9.95. The van der Waals surface area contributed by atoms with E-state index in [-0.39, 0.29) is 12.5 Å². The molecule has 1 aliphatic rings. The Hall–Kier alpha value is -1.79. The van der Waals surface area contributed by atoms with E-state index in [0.717, 1.165) is 36.5 Å². The first-order valence-corrected chi connectivity index (χ1v) is 10.00. The number of ether oxygens (including phenoxy) is 2. The van der Waals surface area contributed by atoms with Gasteiger partial charge in [-0.25, -0.2) is 0 Å². The Balaban J connectivity index is 1.54. The van der Waals surface area contributed by atoms with E-state index in [1.165, 1.54) is 0 Å². The Labute approximate surface area is 174 Å². The standard InChI is InChI=1S/C21H23Cl2NO4/c22-18-3-1-4-19(23)17(18)14-28-16-8-6-15(7-9-16)20-13-24(11-12-27-20)10-2-5-21(25)26/h1,3-4,6-9,20H,2,5,10-14H2,(H,25,26). The van der Waals surface area contributed by atoms with Crippen LogP contribution >= 0.6 is 23.2 Å². The lowest BCUT2D eigenvalue weighted by Crippen LogP contribution is -2.38. The van der Waals surface area contributed by atoms with E-state index in [9.17, 15) is 4.79 Å². The minimum atomic E-state index is -0.751. The molecule has 1 fully saturated rings. The van der Waals surface area contributed by atoms with Gasteiger partial charge in [-0.15, -0.1) is 0 Å². The lowest BCUT2D eigenvalue weighted by Gasteiger charge is -2.33. The van der Waals surface area contributed by atoms with Crippen LogP contribution in [0.1, 0.15) is 30.1 Å². The maximum atomic E-state index is 10.7. The number of carboxylic acid groups (broad SMARTS) is 1. The summed E-state index contributed by atoms with van der Waals surface area (Å²) in [4.78, 5) is 12.9. The second-order valence-corrected chi connectivity index (χ2v) is 7.53. The molecule has 2 aromatic rings. The second-order valence-electron chi connectivity index (χ2n) is 6.72. The quantitative estimate of drug-likeness (QED) is 0.659. The molecule has 0 saturated carbocycles. The summed E-state index contributed by atoms with van der Waals surface area (Å²) in [5.74, 6) is -0.0210. The fourth-order valence-electron chi connectivity index (χ4n) is 3.17. The molecule has 0 aliphatic carbocycles. The van der Waals surface area contributed by atoms with Gasteiger partial charge in [0.25, 0.3) is 0 Å². The fourth-order valence-corrected chi connectivity index (χ4v) is 3.67. The summed E-state index contributed by atoms with van der Waals surface area (Å²) in [5.41, 5.74) is 1.84. The van der Waals surface area contributed by atoms with Gasteiger partial charge in [0, 0.05) is 35.1 Å². The molecular formula is C21H23Cl2NO4. The summed E-state index contributed by atoms with van der Waals surface area (Å²) in [7, 11) is 0. The van der Waals surface area contributed by atoms with Crippen LogP contribution in [0.4, 0.5) is 0 Å². The van der Waals surface area contributed by atoms with Crippen LogP contribution in [0.15, 0.2) is 42.5 Å². The van der Waals surface area contributed by atoms with Crippen molar-refractivity contribution in [3.8, 4) is 5.75 Å². The highest BCUT2D eigenvalue weighted by molar-refractivity contribution is 6.35. The molecule has 0 aromatic heterocycles. The van der Waals surface area contributed by atoms with Gasteiger partial charge in [0.15, 0.2) is 0 Å². The minimum Gasteiger partial charge on any atom is -0.489 e. The van der Waals surface area contributed by atoms with E-state index in [4.69, 9.17) is 37.8 Å². The van der Waals surface area contributed by atoms with Crippen LogP contribution in [0.2, 0.25) is 10.0 Å². The van der Waals surface area contributed by atoms with Crippen molar-refractivity contribution in [2.45, 2.75) is 25.6 Å². The summed E-state index contributed by atoms with van der Waals surface area (Å²) in [6, 6.07) is 13.2. The number of carbonyl (C=O) groups is 1. The van der Waals surface area contributed by atoms with Crippen molar-refractivity contribution in [3.05, 3.63) is 63.6 Å². The first-order chi connectivity index (χ1) is 13.5. The highest BCUT2D eigenvalue weighted by atomic mass is 35.5. The maximum Gasteiger partial charge on any atom is 0.303 e. The van der Waals surface area contributed by atoms with Crippen molar-refractivity contribution in [3.63, 3.8) is 0 Å². The third-order valence-corrected chi connectivity index (χ3v) is 5.42. The van der Waals surface area contributed by atoms with Gasteiger partial charge >= 0.3 is 5.97 Å². The molecule has 1 unspecified atom stereocenters. The number of carboxylic acids is 1. The molecule has 28 heavy (non-hydrogen) atoms. The number of rotatable bonds is 8. The minimum absolute atomic E-state index is 0.0226. The highest BCUT2D eigenvalue weighted by Crippen LogP contribution is 2.27.